The summed E-state index contributed by atoms with van der Waals surface area (Å²) < 4.78 is 25.9. The maximum absolute atomic E-state index is 12.9. The van der Waals surface area contributed by atoms with Crippen molar-refractivity contribution < 1.29 is 13.7 Å². The van der Waals surface area contributed by atoms with Crippen molar-refractivity contribution in [2.24, 2.45) is 0 Å². The lowest BCUT2D eigenvalue weighted by atomic mass is 10.3. The van der Waals surface area contributed by atoms with E-state index in [0.29, 0.717) is 10.6 Å². The Bertz CT molecular complexity index is 456. The molecule has 0 aliphatic heterocycles. The lowest BCUT2D eigenvalue weighted by Crippen LogP contribution is -2.11. The van der Waals surface area contributed by atoms with Gasteiger partial charge in [-0.2, -0.15) is 0 Å². The van der Waals surface area contributed by atoms with Crippen LogP contribution in [0.25, 0.3) is 0 Å². The zero-order valence-corrected chi connectivity index (χ0v) is 9.16. The molecule has 0 aliphatic rings. The maximum Gasteiger partial charge on any atom is 0.123 e. The van der Waals surface area contributed by atoms with E-state index < -0.39 is 19.8 Å². The van der Waals surface area contributed by atoms with E-state index in [1.54, 1.807) is 12.1 Å². The number of benzene rings is 2. The smallest absolute Gasteiger partial charge is 0.123 e. The molecule has 1 N–H and O–H groups in total. The molecule has 82 valence electrons. The fourth-order valence-electron chi connectivity index (χ4n) is 1.36. The van der Waals surface area contributed by atoms with Crippen molar-refractivity contribution in [3.63, 3.8) is 0 Å². The van der Waals surface area contributed by atoms with E-state index in [2.05, 4.69) is 0 Å². The highest BCUT2D eigenvalue weighted by molar-refractivity contribution is 7.67. The monoisotopic (exact) mass is 238 g/mol. The molecule has 1 nitrogen and oxygen atoms in total. The van der Waals surface area contributed by atoms with Crippen LogP contribution in [0.3, 0.4) is 0 Å². The number of hydrogen-bond acceptors (Lipinski definition) is 1. The molecule has 0 saturated carbocycles. The Hall–Kier alpha value is -1.31. The van der Waals surface area contributed by atoms with E-state index in [0.717, 1.165) is 0 Å². The SMILES string of the molecule is OP(c1cccc(F)c1)c1cccc(F)c1. The van der Waals surface area contributed by atoms with Crippen LogP contribution in [0.1, 0.15) is 0 Å². The summed E-state index contributed by atoms with van der Waals surface area (Å²) >= 11 is 0. The molecule has 0 amide bonds. The maximum atomic E-state index is 12.9. The van der Waals surface area contributed by atoms with E-state index in [4.69, 9.17) is 0 Å². The van der Waals surface area contributed by atoms with Gasteiger partial charge < -0.3 is 4.89 Å². The molecular weight excluding hydrogens is 229 g/mol. The Labute approximate surface area is 93.2 Å². The summed E-state index contributed by atoms with van der Waals surface area (Å²) in [6.45, 7) is 0. The molecule has 0 fully saturated rings. The van der Waals surface area contributed by atoms with Gasteiger partial charge in [-0.25, -0.2) is 8.78 Å². The Morgan fingerprint density at radius 1 is 0.812 bits per heavy atom. The van der Waals surface area contributed by atoms with E-state index in [-0.39, 0.29) is 0 Å². The second-order valence-electron chi connectivity index (χ2n) is 3.27. The Kier molecular flexibility index (Phi) is 3.28. The van der Waals surface area contributed by atoms with Crippen molar-refractivity contribution in [3.05, 3.63) is 60.2 Å². The van der Waals surface area contributed by atoms with Crippen LogP contribution in [0.5, 0.6) is 0 Å². The van der Waals surface area contributed by atoms with Gasteiger partial charge in [0.2, 0.25) is 0 Å². The molecule has 0 aromatic heterocycles. The summed E-state index contributed by atoms with van der Waals surface area (Å²) in [6, 6.07) is 11.4. The largest absolute Gasteiger partial charge is 0.364 e. The second-order valence-corrected chi connectivity index (χ2v) is 4.93. The Balaban J connectivity index is 2.35. The number of halogens is 2. The first-order valence-electron chi connectivity index (χ1n) is 4.67. The van der Waals surface area contributed by atoms with Gasteiger partial charge in [-0.15, -0.1) is 0 Å². The van der Waals surface area contributed by atoms with E-state index in [1.165, 1.54) is 36.4 Å². The van der Waals surface area contributed by atoms with Crippen molar-refractivity contribution >= 4 is 18.8 Å². The van der Waals surface area contributed by atoms with Gasteiger partial charge >= 0.3 is 0 Å². The van der Waals surface area contributed by atoms with Gasteiger partial charge in [0.15, 0.2) is 0 Å². The van der Waals surface area contributed by atoms with Crippen LogP contribution in [0.15, 0.2) is 48.5 Å². The lowest BCUT2D eigenvalue weighted by Gasteiger charge is -2.10. The van der Waals surface area contributed by atoms with Gasteiger partial charge in [-0.3, -0.25) is 0 Å². The third-order valence-corrected chi connectivity index (χ3v) is 3.64. The van der Waals surface area contributed by atoms with Gasteiger partial charge in [-0.05, 0) is 24.3 Å². The molecule has 2 aromatic carbocycles. The fourth-order valence-corrected chi connectivity index (χ4v) is 2.61. The quantitative estimate of drug-likeness (QED) is 0.796. The first-order chi connectivity index (χ1) is 7.66. The third-order valence-electron chi connectivity index (χ3n) is 2.11. The molecule has 0 atom stereocenters. The van der Waals surface area contributed by atoms with Gasteiger partial charge in [-0.1, -0.05) is 24.3 Å². The highest BCUT2D eigenvalue weighted by Crippen LogP contribution is 2.27. The third kappa shape index (κ3) is 2.43. The predicted octanol–water partition coefficient (Wildman–Crippen LogP) is 2.30. The molecule has 0 saturated heterocycles. The van der Waals surface area contributed by atoms with Crippen LogP contribution in [0, 0.1) is 11.6 Å². The molecule has 0 spiro atoms. The number of hydrogen-bond donors (Lipinski definition) is 1. The van der Waals surface area contributed by atoms with Crippen LogP contribution in [-0.2, 0) is 0 Å². The Morgan fingerprint density at radius 3 is 1.62 bits per heavy atom. The standard InChI is InChI=1S/C12H9F2OP/c13-9-3-1-5-11(7-9)16(15)12-6-2-4-10(14)8-12/h1-8,15H. The normalized spacial score (nSPS) is 10.8. The minimum Gasteiger partial charge on any atom is -0.364 e. The van der Waals surface area contributed by atoms with Gasteiger partial charge in [0, 0.05) is 10.6 Å². The van der Waals surface area contributed by atoms with Gasteiger partial charge in [0.1, 0.15) is 11.6 Å². The summed E-state index contributed by atoms with van der Waals surface area (Å²) in [6.07, 6.45) is 0. The van der Waals surface area contributed by atoms with Crippen LogP contribution in [0.4, 0.5) is 8.78 Å². The minimum atomic E-state index is -1.68. The second kappa shape index (κ2) is 4.69. The zero-order valence-electron chi connectivity index (χ0n) is 8.27. The van der Waals surface area contributed by atoms with Crippen molar-refractivity contribution in [3.8, 4) is 0 Å². The lowest BCUT2D eigenvalue weighted by molar-refractivity contribution is 0.624. The van der Waals surface area contributed by atoms with Crippen molar-refractivity contribution in [2.45, 2.75) is 0 Å². The van der Waals surface area contributed by atoms with Gasteiger partial charge in [0.25, 0.3) is 0 Å². The molecule has 0 aliphatic carbocycles. The summed E-state index contributed by atoms with van der Waals surface area (Å²) in [5, 5.41) is 0.946. The molecule has 2 aromatic rings. The molecule has 4 heteroatoms. The topological polar surface area (TPSA) is 20.2 Å². The predicted molar refractivity (Wildman–Crippen MR) is 61.2 cm³/mol. The molecule has 0 radical (unpaired) electrons. The van der Waals surface area contributed by atoms with Crippen LogP contribution in [0.2, 0.25) is 0 Å². The highest BCUT2D eigenvalue weighted by atomic mass is 31.1. The molecule has 16 heavy (non-hydrogen) atoms. The summed E-state index contributed by atoms with van der Waals surface area (Å²) in [4.78, 5) is 9.97. The Morgan fingerprint density at radius 2 is 1.25 bits per heavy atom. The molecular formula is C12H9F2OP. The molecule has 2 rings (SSSR count). The highest BCUT2D eigenvalue weighted by Gasteiger charge is 2.11. The van der Waals surface area contributed by atoms with Crippen LogP contribution >= 0.6 is 8.15 Å². The molecule has 0 heterocycles. The first-order valence-corrected chi connectivity index (χ1v) is 5.96. The minimum absolute atomic E-state index is 0.407. The average Bonchev–Trinajstić information content (AvgIpc) is 2.28. The van der Waals surface area contributed by atoms with Crippen LogP contribution < -0.4 is 10.6 Å². The van der Waals surface area contributed by atoms with Gasteiger partial charge in [0.05, 0.1) is 8.15 Å². The fraction of sp³-hybridized carbons (Fsp3) is 0. The summed E-state index contributed by atoms with van der Waals surface area (Å²) in [5.41, 5.74) is 0. The first kappa shape index (κ1) is 11.2. The van der Waals surface area contributed by atoms with Crippen molar-refractivity contribution in [2.75, 3.05) is 0 Å². The summed E-state index contributed by atoms with van der Waals surface area (Å²) in [7, 11) is -1.68. The molecule has 0 bridgehead atoms. The molecule has 0 unspecified atom stereocenters. The van der Waals surface area contributed by atoms with Crippen molar-refractivity contribution in [1.29, 1.82) is 0 Å². The average molecular weight is 238 g/mol. The van der Waals surface area contributed by atoms with E-state index in [9.17, 15) is 13.7 Å². The van der Waals surface area contributed by atoms with E-state index in [1.807, 2.05) is 0 Å². The zero-order chi connectivity index (χ0) is 11.5. The number of rotatable bonds is 2. The van der Waals surface area contributed by atoms with E-state index >= 15 is 0 Å². The summed E-state index contributed by atoms with van der Waals surface area (Å²) in [5.74, 6) is -0.814. The van der Waals surface area contributed by atoms with Crippen molar-refractivity contribution in [1.82, 2.24) is 0 Å². The van der Waals surface area contributed by atoms with Crippen LogP contribution in [-0.4, -0.2) is 4.89 Å².